The van der Waals surface area contributed by atoms with Gasteiger partial charge in [-0.05, 0) is 44.7 Å². The number of aliphatic hydroxyl groups is 1. The zero-order valence-electron chi connectivity index (χ0n) is 15.5. The highest BCUT2D eigenvalue weighted by molar-refractivity contribution is 5.85. The molecule has 2 saturated carbocycles. The second-order valence-electron chi connectivity index (χ2n) is 7.38. The topological polar surface area (TPSA) is 49.8 Å². The highest BCUT2D eigenvalue weighted by Gasteiger charge is 2.48. The van der Waals surface area contributed by atoms with Crippen molar-refractivity contribution in [1.29, 1.82) is 0 Å². The lowest BCUT2D eigenvalue weighted by Gasteiger charge is -2.38. The molecule has 0 aliphatic heterocycles. The average molecular weight is 362 g/mol. The minimum absolute atomic E-state index is 0. The van der Waals surface area contributed by atoms with Gasteiger partial charge in [0.1, 0.15) is 6.61 Å². The fraction of sp³-hybridized carbons (Fsp3) is 0.947. The largest absolute Gasteiger partial charge is 0.464 e. The van der Waals surface area contributed by atoms with E-state index in [1.807, 2.05) is 0 Å². The van der Waals surface area contributed by atoms with Gasteiger partial charge in [0.15, 0.2) is 0 Å². The number of likely N-dealkylation sites (N-methyl/N-ethyl adjacent to an activating group) is 1. The Morgan fingerprint density at radius 1 is 1.12 bits per heavy atom. The first kappa shape index (κ1) is 21.7. The number of hydrogen-bond acceptors (Lipinski definition) is 4. The Labute approximate surface area is 153 Å². The van der Waals surface area contributed by atoms with E-state index in [1.165, 1.54) is 19.3 Å². The van der Waals surface area contributed by atoms with Gasteiger partial charge in [0, 0.05) is 6.54 Å². The summed E-state index contributed by atoms with van der Waals surface area (Å²) in [6.45, 7) is 7.43. The molecule has 0 aromatic heterocycles. The van der Waals surface area contributed by atoms with Crippen LogP contribution >= 0.6 is 12.4 Å². The van der Waals surface area contributed by atoms with Gasteiger partial charge in [0.25, 0.3) is 0 Å². The van der Waals surface area contributed by atoms with Crippen LogP contribution in [0.5, 0.6) is 0 Å². The van der Waals surface area contributed by atoms with Crippen LogP contribution in [-0.2, 0) is 9.53 Å². The van der Waals surface area contributed by atoms with E-state index in [1.54, 1.807) is 0 Å². The number of carbonyl (C=O) groups excluding carboxylic acids is 1. The number of nitrogens with zero attached hydrogens (tertiary/aromatic N) is 1. The van der Waals surface area contributed by atoms with Crippen molar-refractivity contribution in [2.45, 2.75) is 77.2 Å². The van der Waals surface area contributed by atoms with Gasteiger partial charge in [0.05, 0.1) is 11.5 Å². The van der Waals surface area contributed by atoms with Crippen LogP contribution in [0.15, 0.2) is 0 Å². The van der Waals surface area contributed by atoms with Gasteiger partial charge < -0.3 is 14.7 Å². The van der Waals surface area contributed by atoms with Crippen molar-refractivity contribution in [1.82, 2.24) is 4.90 Å². The maximum atomic E-state index is 12.8. The molecule has 0 spiro atoms. The normalized spacial score (nSPS) is 22.2. The van der Waals surface area contributed by atoms with E-state index in [0.717, 1.165) is 58.2 Å². The molecule has 0 bridgehead atoms. The molecule has 2 aliphatic rings. The van der Waals surface area contributed by atoms with Crippen LogP contribution in [0.2, 0.25) is 0 Å². The van der Waals surface area contributed by atoms with Crippen LogP contribution < -0.4 is 0 Å². The summed E-state index contributed by atoms with van der Waals surface area (Å²) >= 11 is 0. The van der Waals surface area contributed by atoms with Crippen molar-refractivity contribution in [2.75, 3.05) is 26.2 Å². The van der Waals surface area contributed by atoms with E-state index in [0.29, 0.717) is 12.5 Å². The summed E-state index contributed by atoms with van der Waals surface area (Å²) in [5.41, 5.74) is -0.811. The van der Waals surface area contributed by atoms with Crippen molar-refractivity contribution in [2.24, 2.45) is 11.8 Å². The first-order valence-corrected chi connectivity index (χ1v) is 9.72. The van der Waals surface area contributed by atoms with Crippen LogP contribution in [0.4, 0.5) is 0 Å². The van der Waals surface area contributed by atoms with Gasteiger partial charge >= 0.3 is 5.97 Å². The Morgan fingerprint density at radius 2 is 1.71 bits per heavy atom. The van der Waals surface area contributed by atoms with E-state index in [-0.39, 0.29) is 24.3 Å². The summed E-state index contributed by atoms with van der Waals surface area (Å²) < 4.78 is 5.63. The predicted octanol–water partition coefficient (Wildman–Crippen LogP) is 3.79. The molecule has 2 rings (SSSR count). The zero-order chi connectivity index (χ0) is 16.7. The van der Waals surface area contributed by atoms with Crippen molar-refractivity contribution in [3.63, 3.8) is 0 Å². The number of ether oxygens (including phenoxy) is 1. The molecule has 24 heavy (non-hydrogen) atoms. The molecule has 0 aromatic carbocycles. The van der Waals surface area contributed by atoms with Crippen molar-refractivity contribution in [3.05, 3.63) is 0 Å². The molecule has 0 amide bonds. The minimum atomic E-state index is -0.811. The predicted molar refractivity (Wildman–Crippen MR) is 99.5 cm³/mol. The molecule has 1 unspecified atom stereocenters. The molecule has 0 heterocycles. The molecule has 0 saturated heterocycles. The maximum absolute atomic E-state index is 12.8. The Morgan fingerprint density at radius 3 is 2.25 bits per heavy atom. The number of carbonyl (C=O) groups is 1. The molecule has 0 radical (unpaired) electrons. The second-order valence-corrected chi connectivity index (χ2v) is 7.38. The summed E-state index contributed by atoms with van der Waals surface area (Å²) in [6.07, 6.45) is 9.36. The quantitative estimate of drug-likeness (QED) is 0.668. The molecular formula is C19H36ClNO3. The molecule has 2 aliphatic carbocycles. The zero-order valence-corrected chi connectivity index (χ0v) is 16.3. The summed E-state index contributed by atoms with van der Waals surface area (Å²) in [7, 11) is 0. The van der Waals surface area contributed by atoms with Crippen LogP contribution in [-0.4, -0.2) is 47.8 Å². The summed E-state index contributed by atoms with van der Waals surface area (Å²) in [4.78, 5) is 15.0. The highest BCUT2D eigenvalue weighted by Crippen LogP contribution is 2.44. The third-order valence-electron chi connectivity index (χ3n) is 5.97. The van der Waals surface area contributed by atoms with E-state index in [2.05, 4.69) is 18.7 Å². The lowest BCUT2D eigenvalue weighted by molar-refractivity contribution is -0.164. The maximum Gasteiger partial charge on any atom is 0.312 e. The Balaban J connectivity index is 0.00000288. The van der Waals surface area contributed by atoms with Gasteiger partial charge in [-0.2, -0.15) is 0 Å². The first-order valence-electron chi connectivity index (χ1n) is 9.72. The van der Waals surface area contributed by atoms with Gasteiger partial charge in [-0.1, -0.05) is 46.0 Å². The van der Waals surface area contributed by atoms with E-state index < -0.39 is 5.60 Å². The van der Waals surface area contributed by atoms with Gasteiger partial charge in [-0.15, -0.1) is 12.4 Å². The Hall–Kier alpha value is -0.320. The van der Waals surface area contributed by atoms with Crippen LogP contribution in [0.25, 0.3) is 0 Å². The van der Waals surface area contributed by atoms with Gasteiger partial charge in [-0.25, -0.2) is 0 Å². The van der Waals surface area contributed by atoms with Gasteiger partial charge in [0.2, 0.25) is 0 Å². The first-order chi connectivity index (χ1) is 11.1. The summed E-state index contributed by atoms with van der Waals surface area (Å²) in [6, 6.07) is 0. The SMILES string of the molecule is CCN(CC)CCOC(=O)C(C1CCCCC1)C1(O)CCCC1.Cl. The molecule has 1 N–H and O–H groups in total. The molecule has 5 heteroatoms. The van der Waals surface area contributed by atoms with Crippen molar-refractivity contribution in [3.8, 4) is 0 Å². The molecule has 4 nitrogen and oxygen atoms in total. The van der Waals surface area contributed by atoms with Crippen molar-refractivity contribution >= 4 is 18.4 Å². The van der Waals surface area contributed by atoms with Gasteiger partial charge in [-0.3, -0.25) is 4.79 Å². The van der Waals surface area contributed by atoms with E-state index in [9.17, 15) is 9.90 Å². The lowest BCUT2D eigenvalue weighted by Crippen LogP contribution is -2.46. The van der Waals surface area contributed by atoms with Crippen LogP contribution in [0, 0.1) is 11.8 Å². The lowest BCUT2D eigenvalue weighted by atomic mass is 9.71. The fourth-order valence-corrected chi connectivity index (χ4v) is 4.52. The third-order valence-corrected chi connectivity index (χ3v) is 5.97. The second kappa shape index (κ2) is 10.6. The molecule has 1 atom stereocenters. The van der Waals surface area contributed by atoms with Crippen LogP contribution in [0.3, 0.4) is 0 Å². The van der Waals surface area contributed by atoms with E-state index in [4.69, 9.17) is 4.74 Å². The molecule has 0 aromatic rings. The molecule has 2 fully saturated rings. The molecular weight excluding hydrogens is 326 g/mol. The third kappa shape index (κ3) is 5.60. The fourth-order valence-electron chi connectivity index (χ4n) is 4.52. The Kier molecular flexibility index (Phi) is 9.61. The monoisotopic (exact) mass is 361 g/mol. The number of halogens is 1. The molecule has 142 valence electrons. The highest BCUT2D eigenvalue weighted by atomic mass is 35.5. The van der Waals surface area contributed by atoms with E-state index >= 15 is 0 Å². The number of esters is 1. The van der Waals surface area contributed by atoms with Crippen LogP contribution in [0.1, 0.15) is 71.6 Å². The number of hydrogen-bond donors (Lipinski definition) is 1. The standard InChI is InChI=1S/C19H35NO3.ClH/c1-3-20(4-2)14-15-23-18(21)17(16-10-6-5-7-11-16)19(22)12-8-9-13-19;/h16-17,22H,3-15H2,1-2H3;1H. The smallest absolute Gasteiger partial charge is 0.312 e. The number of rotatable bonds is 8. The average Bonchev–Trinajstić information content (AvgIpc) is 3.00. The minimum Gasteiger partial charge on any atom is -0.464 e. The summed E-state index contributed by atoms with van der Waals surface area (Å²) in [5.74, 6) is -0.136. The summed E-state index contributed by atoms with van der Waals surface area (Å²) in [5, 5.41) is 11.1. The Bertz CT molecular complexity index is 362. The van der Waals surface area contributed by atoms with Crippen molar-refractivity contribution < 1.29 is 14.6 Å².